The number of ether oxygens (including phenoxy) is 4. The number of para-hydroxylation sites is 1. The minimum absolute atomic E-state index is 0.0471. The van der Waals surface area contributed by atoms with Gasteiger partial charge in [-0.1, -0.05) is 53.2 Å². The van der Waals surface area contributed by atoms with Gasteiger partial charge in [0, 0.05) is 43.9 Å². The second-order valence-corrected chi connectivity index (χ2v) is 11.6. The molecule has 1 unspecified atom stereocenters. The molecule has 4 aromatic rings. The lowest BCUT2D eigenvalue weighted by molar-refractivity contribution is -0.227. The Labute approximate surface area is 259 Å². The molecule has 226 valence electrons. The van der Waals surface area contributed by atoms with Crippen LogP contribution in [0.5, 0.6) is 0 Å². The molecule has 0 radical (unpaired) electrons. The van der Waals surface area contributed by atoms with E-state index in [1.807, 2.05) is 12.1 Å². The Hall–Kier alpha value is -3.58. The van der Waals surface area contributed by atoms with Gasteiger partial charge in [-0.2, -0.15) is 0 Å². The highest BCUT2D eigenvalue weighted by Crippen LogP contribution is 2.39. The van der Waals surface area contributed by atoms with Gasteiger partial charge in [0.2, 0.25) is 0 Å². The Bertz CT molecular complexity index is 1770. The van der Waals surface area contributed by atoms with Crippen LogP contribution in [0.15, 0.2) is 56.8 Å². The number of aromatic nitrogens is 2. The molecule has 0 spiro atoms. The van der Waals surface area contributed by atoms with Crippen LogP contribution in [0.4, 0.5) is 0 Å². The normalized spacial score (nSPS) is 20.2. The first-order valence-electron chi connectivity index (χ1n) is 13.1. The number of benzene rings is 2. The second kappa shape index (κ2) is 13.0. The predicted octanol–water partition coefficient (Wildman–Crippen LogP) is 5.46. The van der Waals surface area contributed by atoms with Gasteiger partial charge in [-0.15, -0.1) is 0 Å². The summed E-state index contributed by atoms with van der Waals surface area (Å²) in [6, 6.07) is 12.2. The predicted molar refractivity (Wildman–Crippen MR) is 158 cm³/mol. The lowest BCUT2D eigenvalue weighted by Crippen LogP contribution is -2.52. The van der Waals surface area contributed by atoms with E-state index < -0.39 is 48.1 Å². The fourth-order valence-corrected chi connectivity index (χ4v) is 6.19. The number of rotatable bonds is 8. The van der Waals surface area contributed by atoms with Crippen molar-refractivity contribution < 1.29 is 37.7 Å². The van der Waals surface area contributed by atoms with E-state index in [0.29, 0.717) is 27.3 Å². The Morgan fingerprint density at radius 1 is 1.02 bits per heavy atom. The van der Waals surface area contributed by atoms with Gasteiger partial charge in [0.1, 0.15) is 30.6 Å². The number of halogens is 2. The van der Waals surface area contributed by atoms with Gasteiger partial charge in [-0.25, -0.2) is 9.78 Å². The number of thioether (sulfide) groups is 1. The number of imidazole rings is 1. The number of fused-ring (bicyclic) bond motifs is 2. The van der Waals surface area contributed by atoms with Crippen molar-refractivity contribution in [2.75, 3.05) is 6.61 Å². The first-order valence-corrected chi connectivity index (χ1v) is 14.9. The fourth-order valence-electron chi connectivity index (χ4n) is 4.87. The summed E-state index contributed by atoms with van der Waals surface area (Å²) in [6.45, 7) is 3.41. The average Bonchev–Trinajstić information content (AvgIpc) is 3.28. The molecule has 2 aromatic heterocycles. The summed E-state index contributed by atoms with van der Waals surface area (Å²) in [7, 11) is 0. The maximum atomic E-state index is 12.7. The summed E-state index contributed by atoms with van der Waals surface area (Å²) in [4.78, 5) is 53.2. The second-order valence-electron chi connectivity index (χ2n) is 9.79. The first-order chi connectivity index (χ1) is 20.5. The summed E-state index contributed by atoms with van der Waals surface area (Å²) < 4.78 is 29.9. The van der Waals surface area contributed by atoms with Crippen molar-refractivity contribution in [2.24, 2.45) is 0 Å². The van der Waals surface area contributed by atoms with Crippen LogP contribution in [0.3, 0.4) is 0 Å². The SMILES string of the molecule is CC(=O)OC[C@H]1OC(n2c(SCc3cc4ccccc4oc3=O)nc3cc(Cl)c(Cl)cc32)C[C@@H](OC(C)=O)[C@@H]1OC(C)=O. The van der Waals surface area contributed by atoms with E-state index in [9.17, 15) is 19.2 Å². The summed E-state index contributed by atoms with van der Waals surface area (Å²) in [5.74, 6) is -1.60. The van der Waals surface area contributed by atoms with E-state index in [2.05, 4.69) is 0 Å². The fraction of sp³-hybridized carbons (Fsp3) is 0.345. The summed E-state index contributed by atoms with van der Waals surface area (Å²) in [6.07, 6.45) is -3.81. The zero-order valence-electron chi connectivity index (χ0n) is 23.2. The minimum Gasteiger partial charge on any atom is -0.463 e. The summed E-state index contributed by atoms with van der Waals surface area (Å²) in [5, 5.41) is 1.76. The summed E-state index contributed by atoms with van der Waals surface area (Å²) in [5.41, 5.74) is 1.46. The van der Waals surface area contributed by atoms with Crippen LogP contribution in [-0.2, 0) is 39.1 Å². The molecule has 14 heteroatoms. The molecule has 43 heavy (non-hydrogen) atoms. The monoisotopic (exact) mass is 648 g/mol. The maximum absolute atomic E-state index is 12.7. The molecule has 11 nitrogen and oxygen atoms in total. The molecule has 0 bridgehead atoms. The first kappa shape index (κ1) is 30.9. The van der Waals surface area contributed by atoms with Crippen LogP contribution >= 0.6 is 35.0 Å². The van der Waals surface area contributed by atoms with Crippen LogP contribution in [0, 0.1) is 0 Å². The van der Waals surface area contributed by atoms with Gasteiger partial charge in [0.25, 0.3) is 0 Å². The van der Waals surface area contributed by atoms with Crippen molar-refractivity contribution in [1.29, 1.82) is 0 Å². The van der Waals surface area contributed by atoms with E-state index in [4.69, 9.17) is 51.6 Å². The van der Waals surface area contributed by atoms with Crippen LogP contribution in [0.25, 0.3) is 22.0 Å². The molecule has 2 aromatic carbocycles. The van der Waals surface area contributed by atoms with E-state index in [1.54, 1.807) is 34.9 Å². The van der Waals surface area contributed by atoms with Crippen molar-refractivity contribution in [3.63, 3.8) is 0 Å². The molecule has 5 rings (SSSR count). The Morgan fingerprint density at radius 3 is 2.47 bits per heavy atom. The van der Waals surface area contributed by atoms with E-state index in [0.717, 1.165) is 5.39 Å². The number of carbonyl (C=O) groups excluding carboxylic acids is 3. The lowest BCUT2D eigenvalue weighted by Gasteiger charge is -2.40. The largest absolute Gasteiger partial charge is 0.463 e. The molecule has 0 aliphatic carbocycles. The quantitative estimate of drug-likeness (QED) is 0.104. The highest BCUT2D eigenvalue weighted by Gasteiger charge is 2.45. The minimum atomic E-state index is -1.05. The molecule has 0 amide bonds. The smallest absolute Gasteiger partial charge is 0.340 e. The molecule has 1 aliphatic rings. The number of esters is 3. The maximum Gasteiger partial charge on any atom is 0.340 e. The third kappa shape index (κ3) is 6.98. The van der Waals surface area contributed by atoms with Crippen LogP contribution in [0.1, 0.15) is 39.0 Å². The number of hydrogen-bond acceptors (Lipinski definition) is 11. The Kier molecular flexibility index (Phi) is 9.30. The zero-order chi connectivity index (χ0) is 30.8. The van der Waals surface area contributed by atoms with Crippen molar-refractivity contribution >= 4 is 74.9 Å². The lowest BCUT2D eigenvalue weighted by atomic mass is 10.00. The van der Waals surface area contributed by atoms with Crippen molar-refractivity contribution in [1.82, 2.24) is 9.55 Å². The van der Waals surface area contributed by atoms with Crippen molar-refractivity contribution in [3.8, 4) is 0 Å². The van der Waals surface area contributed by atoms with Crippen LogP contribution in [-0.4, -0.2) is 52.4 Å². The molecule has 1 fully saturated rings. The summed E-state index contributed by atoms with van der Waals surface area (Å²) >= 11 is 13.9. The molecule has 1 saturated heterocycles. The molecular weight excluding hydrogens is 623 g/mol. The van der Waals surface area contributed by atoms with Crippen LogP contribution in [0.2, 0.25) is 10.0 Å². The van der Waals surface area contributed by atoms with Gasteiger partial charge in [-0.05, 0) is 24.3 Å². The topological polar surface area (TPSA) is 136 Å². The molecular formula is C29H26Cl2N2O9S. The van der Waals surface area contributed by atoms with E-state index in [-0.39, 0.29) is 28.8 Å². The van der Waals surface area contributed by atoms with Gasteiger partial charge < -0.3 is 23.4 Å². The van der Waals surface area contributed by atoms with Crippen LogP contribution < -0.4 is 5.63 Å². The van der Waals surface area contributed by atoms with Gasteiger partial charge in [0.05, 0.1) is 21.1 Å². The third-order valence-electron chi connectivity index (χ3n) is 6.63. The molecule has 0 saturated carbocycles. The number of nitrogens with zero attached hydrogens (tertiary/aromatic N) is 2. The van der Waals surface area contributed by atoms with E-state index in [1.165, 1.54) is 32.5 Å². The van der Waals surface area contributed by atoms with Gasteiger partial charge in [0.15, 0.2) is 11.3 Å². The highest BCUT2D eigenvalue weighted by molar-refractivity contribution is 7.98. The number of carbonyl (C=O) groups is 3. The highest BCUT2D eigenvalue weighted by atomic mass is 35.5. The van der Waals surface area contributed by atoms with Crippen molar-refractivity contribution in [3.05, 3.63) is 68.5 Å². The van der Waals surface area contributed by atoms with E-state index >= 15 is 0 Å². The average molecular weight is 650 g/mol. The molecule has 0 N–H and O–H groups in total. The number of hydrogen-bond donors (Lipinski definition) is 0. The Morgan fingerprint density at radius 2 is 1.74 bits per heavy atom. The zero-order valence-corrected chi connectivity index (χ0v) is 25.5. The standard InChI is InChI=1S/C29H26Cl2N2O9S/c1-14(34)38-12-25-27(40-16(3)36)24(39-15(2)35)11-26(41-25)33-22-10-20(31)19(30)9-21(22)32-29(33)43-13-18-8-17-6-4-5-7-23(17)42-28(18)37/h4-10,24-27H,11-13H2,1-3H3/t24-,25-,26?,27+/m1/s1. The molecule has 4 atom stereocenters. The van der Waals surface area contributed by atoms with Gasteiger partial charge in [-0.3, -0.25) is 19.0 Å². The van der Waals surface area contributed by atoms with Gasteiger partial charge >= 0.3 is 23.5 Å². The Balaban J connectivity index is 1.56. The molecule has 1 aliphatic heterocycles. The van der Waals surface area contributed by atoms with Crippen molar-refractivity contribution in [2.45, 2.75) is 62.6 Å². The third-order valence-corrected chi connectivity index (χ3v) is 8.35. The molecule has 3 heterocycles.